The van der Waals surface area contributed by atoms with Crippen molar-refractivity contribution < 1.29 is 37.0 Å². The Kier molecular flexibility index (Phi) is 5.33. The van der Waals surface area contributed by atoms with E-state index in [4.69, 9.17) is 9.84 Å². The number of carbonyl (C=O) groups excluding carboxylic acids is 1. The van der Waals surface area contributed by atoms with Crippen LogP contribution in [0.5, 0.6) is 0 Å². The van der Waals surface area contributed by atoms with Gasteiger partial charge >= 0.3 is 18.2 Å². The summed E-state index contributed by atoms with van der Waals surface area (Å²) in [5.74, 6) is -3.99. The lowest BCUT2D eigenvalue weighted by molar-refractivity contribution is -0.137. The topological polar surface area (TPSA) is 75.6 Å². The molecule has 0 unspecified atom stereocenters. The molecule has 0 spiro atoms. The average Bonchev–Trinajstić information content (AvgIpc) is 3.06. The molecule has 32 heavy (non-hydrogen) atoms. The molecule has 1 aliphatic rings. The first kappa shape index (κ1) is 21.4. The van der Waals surface area contributed by atoms with Gasteiger partial charge in [-0.1, -0.05) is 48.5 Å². The third-order valence-corrected chi connectivity index (χ3v) is 5.23. The highest BCUT2D eigenvalue weighted by Crippen LogP contribution is 2.44. The molecule has 2 N–H and O–H groups in total. The molecule has 3 aromatic carbocycles. The quantitative estimate of drug-likeness (QED) is 0.490. The van der Waals surface area contributed by atoms with E-state index >= 15 is 0 Å². The maximum Gasteiger partial charge on any atom is 0.419 e. The normalized spacial score (nSPS) is 12.8. The Bertz CT molecular complexity index is 1180. The predicted molar refractivity (Wildman–Crippen MR) is 107 cm³/mol. The SMILES string of the molecule is O=C(Nc1ccc(F)c(C(=O)O)c1C(F)(F)F)OCC1c2ccccc2-c2ccccc21. The zero-order valence-corrected chi connectivity index (χ0v) is 16.2. The molecule has 5 nitrogen and oxygen atoms in total. The fraction of sp³-hybridized carbons (Fsp3) is 0.130. The summed E-state index contributed by atoms with van der Waals surface area (Å²) in [5, 5.41) is 10.9. The van der Waals surface area contributed by atoms with Gasteiger partial charge in [-0.2, -0.15) is 13.2 Å². The highest BCUT2D eigenvalue weighted by molar-refractivity contribution is 5.95. The number of nitrogens with one attached hydrogen (secondary N) is 1. The fourth-order valence-corrected chi connectivity index (χ4v) is 3.93. The van der Waals surface area contributed by atoms with Gasteiger partial charge in [0.05, 0.1) is 11.3 Å². The second kappa shape index (κ2) is 7.99. The van der Waals surface area contributed by atoms with Crippen molar-refractivity contribution in [2.24, 2.45) is 0 Å². The van der Waals surface area contributed by atoms with Gasteiger partial charge in [0.25, 0.3) is 0 Å². The van der Waals surface area contributed by atoms with E-state index in [-0.39, 0.29) is 12.5 Å². The molecule has 0 heterocycles. The van der Waals surface area contributed by atoms with Gasteiger partial charge in [-0.15, -0.1) is 0 Å². The van der Waals surface area contributed by atoms with E-state index in [0.717, 1.165) is 22.3 Å². The number of hydrogen-bond acceptors (Lipinski definition) is 3. The minimum atomic E-state index is -5.22. The molecule has 0 aromatic heterocycles. The minimum absolute atomic E-state index is 0.159. The summed E-state index contributed by atoms with van der Waals surface area (Å²) < 4.78 is 59.3. The number of carboxylic acid groups (broad SMARTS) is 1. The van der Waals surface area contributed by atoms with E-state index in [2.05, 4.69) is 0 Å². The van der Waals surface area contributed by atoms with Crippen molar-refractivity contribution in [1.82, 2.24) is 0 Å². The van der Waals surface area contributed by atoms with E-state index < -0.39 is 40.9 Å². The van der Waals surface area contributed by atoms with Crippen LogP contribution in [-0.4, -0.2) is 23.8 Å². The fourth-order valence-electron chi connectivity index (χ4n) is 3.93. The van der Waals surface area contributed by atoms with Crippen LogP contribution in [0.2, 0.25) is 0 Å². The Morgan fingerprint density at radius 2 is 1.50 bits per heavy atom. The molecule has 0 radical (unpaired) electrons. The molecular formula is C23H15F4NO4. The molecule has 4 rings (SSSR count). The number of ether oxygens (including phenoxy) is 1. The standard InChI is InChI=1S/C23H15F4NO4/c24-17-9-10-18(20(23(25,26)27)19(17)21(29)30)28-22(31)32-11-16-14-7-3-1-5-12(14)13-6-2-4-8-15(13)16/h1-10,16H,11H2,(H,28,31)(H,29,30). The van der Waals surface area contributed by atoms with E-state index in [1.165, 1.54) is 0 Å². The van der Waals surface area contributed by atoms with E-state index in [9.17, 15) is 27.2 Å². The van der Waals surface area contributed by atoms with Gasteiger partial charge in [0.15, 0.2) is 0 Å². The number of halogens is 4. The Morgan fingerprint density at radius 3 is 2.03 bits per heavy atom. The molecule has 0 saturated heterocycles. The maximum atomic E-state index is 13.8. The number of fused-ring (bicyclic) bond motifs is 3. The molecule has 0 saturated carbocycles. The van der Waals surface area contributed by atoms with E-state index in [1.807, 2.05) is 53.8 Å². The van der Waals surface area contributed by atoms with Gasteiger partial charge in [-0.25, -0.2) is 14.0 Å². The molecule has 0 fully saturated rings. The smallest absolute Gasteiger partial charge is 0.419 e. The summed E-state index contributed by atoms with van der Waals surface area (Å²) in [5.41, 5.74) is -0.511. The van der Waals surface area contributed by atoms with Crippen LogP contribution in [0.3, 0.4) is 0 Å². The Hall–Kier alpha value is -3.88. The molecule has 1 amide bonds. The van der Waals surface area contributed by atoms with Crippen LogP contribution < -0.4 is 5.32 Å². The van der Waals surface area contributed by atoms with Crippen molar-refractivity contribution in [3.63, 3.8) is 0 Å². The van der Waals surface area contributed by atoms with Gasteiger partial charge in [-0.05, 0) is 34.4 Å². The second-order valence-corrected chi connectivity index (χ2v) is 7.10. The van der Waals surface area contributed by atoms with Crippen molar-refractivity contribution in [3.8, 4) is 11.1 Å². The highest BCUT2D eigenvalue weighted by atomic mass is 19.4. The van der Waals surface area contributed by atoms with Crippen LogP contribution in [0.25, 0.3) is 11.1 Å². The van der Waals surface area contributed by atoms with Crippen molar-refractivity contribution in [1.29, 1.82) is 0 Å². The average molecular weight is 445 g/mol. The summed E-state index contributed by atoms with van der Waals surface area (Å²) in [7, 11) is 0. The van der Waals surface area contributed by atoms with Crippen LogP contribution in [0.1, 0.15) is 33.0 Å². The van der Waals surface area contributed by atoms with Crippen LogP contribution in [0.4, 0.5) is 28.0 Å². The number of rotatable bonds is 4. The number of alkyl halides is 3. The zero-order chi connectivity index (χ0) is 23.0. The van der Waals surface area contributed by atoms with E-state index in [0.29, 0.717) is 12.1 Å². The zero-order valence-electron chi connectivity index (χ0n) is 16.2. The molecule has 0 aliphatic heterocycles. The first-order valence-corrected chi connectivity index (χ1v) is 9.43. The Balaban J connectivity index is 1.57. The first-order valence-electron chi connectivity index (χ1n) is 9.43. The summed E-state index contributed by atoms with van der Waals surface area (Å²) in [4.78, 5) is 23.5. The lowest BCUT2D eigenvalue weighted by Gasteiger charge is -2.18. The number of hydrogen-bond donors (Lipinski definition) is 2. The van der Waals surface area contributed by atoms with Gasteiger partial charge < -0.3 is 9.84 Å². The molecule has 3 aromatic rings. The molecular weight excluding hydrogens is 430 g/mol. The van der Waals surface area contributed by atoms with Crippen LogP contribution >= 0.6 is 0 Å². The summed E-state index contributed by atoms with van der Waals surface area (Å²) in [6, 6.07) is 16.2. The highest BCUT2D eigenvalue weighted by Gasteiger charge is 2.40. The van der Waals surface area contributed by atoms with Crippen molar-refractivity contribution in [2.45, 2.75) is 12.1 Å². The number of anilines is 1. The maximum absolute atomic E-state index is 13.8. The molecule has 9 heteroatoms. The Morgan fingerprint density at radius 1 is 0.938 bits per heavy atom. The monoisotopic (exact) mass is 445 g/mol. The minimum Gasteiger partial charge on any atom is -0.478 e. The van der Waals surface area contributed by atoms with Crippen LogP contribution in [-0.2, 0) is 10.9 Å². The number of carboxylic acids is 1. The number of amides is 1. The number of aromatic carboxylic acids is 1. The third-order valence-electron chi connectivity index (χ3n) is 5.23. The van der Waals surface area contributed by atoms with Crippen molar-refractivity contribution >= 4 is 17.7 Å². The Labute approximate surface area is 179 Å². The van der Waals surface area contributed by atoms with Crippen molar-refractivity contribution in [2.75, 3.05) is 11.9 Å². The largest absolute Gasteiger partial charge is 0.478 e. The third kappa shape index (κ3) is 3.77. The summed E-state index contributed by atoms with van der Waals surface area (Å²) in [6.07, 6.45) is -6.44. The molecule has 1 aliphatic carbocycles. The predicted octanol–water partition coefficient (Wildman–Crippen LogP) is 5.90. The molecule has 0 atom stereocenters. The second-order valence-electron chi connectivity index (χ2n) is 7.10. The summed E-state index contributed by atoms with van der Waals surface area (Å²) in [6.45, 7) is -0.159. The lowest BCUT2D eigenvalue weighted by Crippen LogP contribution is -2.22. The first-order chi connectivity index (χ1) is 15.2. The van der Waals surface area contributed by atoms with E-state index in [1.54, 1.807) is 0 Å². The van der Waals surface area contributed by atoms with Gasteiger partial charge in [0.2, 0.25) is 0 Å². The van der Waals surface area contributed by atoms with Gasteiger partial charge in [0.1, 0.15) is 18.0 Å². The number of carbonyl (C=O) groups is 2. The molecule has 0 bridgehead atoms. The number of benzene rings is 3. The summed E-state index contributed by atoms with van der Waals surface area (Å²) >= 11 is 0. The van der Waals surface area contributed by atoms with Crippen molar-refractivity contribution in [3.05, 3.63) is 88.7 Å². The van der Waals surface area contributed by atoms with Gasteiger partial charge in [-0.3, -0.25) is 5.32 Å². The van der Waals surface area contributed by atoms with Crippen LogP contribution in [0.15, 0.2) is 60.7 Å². The van der Waals surface area contributed by atoms with Gasteiger partial charge in [0, 0.05) is 5.92 Å². The van der Waals surface area contributed by atoms with Crippen LogP contribution in [0, 0.1) is 5.82 Å². The lowest BCUT2D eigenvalue weighted by atomic mass is 9.98. The molecule has 164 valence electrons.